The first-order valence-corrected chi connectivity index (χ1v) is 7.37. The zero-order chi connectivity index (χ0) is 13.0. The summed E-state index contributed by atoms with van der Waals surface area (Å²) in [4.78, 5) is 0. The van der Waals surface area contributed by atoms with Crippen LogP contribution in [-0.4, -0.2) is 5.11 Å². The molecular formula is C16H19BrO. The fourth-order valence-electron chi connectivity index (χ4n) is 2.20. The molecule has 1 unspecified atom stereocenters. The van der Waals surface area contributed by atoms with Gasteiger partial charge in [0, 0.05) is 4.47 Å². The highest BCUT2D eigenvalue weighted by Gasteiger charge is 2.07. The summed E-state index contributed by atoms with van der Waals surface area (Å²) in [5.74, 6) is 0. The minimum atomic E-state index is -0.329. The summed E-state index contributed by atoms with van der Waals surface area (Å²) >= 11 is 3.47. The topological polar surface area (TPSA) is 20.2 Å². The Morgan fingerprint density at radius 3 is 2.56 bits per heavy atom. The molecule has 0 fully saturated rings. The lowest BCUT2D eigenvalue weighted by Crippen LogP contribution is -1.97. The van der Waals surface area contributed by atoms with Crippen molar-refractivity contribution in [2.75, 3.05) is 0 Å². The molecule has 2 rings (SSSR count). The molecule has 0 bridgehead atoms. The summed E-state index contributed by atoms with van der Waals surface area (Å²) in [5, 5.41) is 12.5. The molecule has 0 amide bonds. The monoisotopic (exact) mass is 306 g/mol. The standard InChI is InChI=1S/C16H19BrO/c1-2-3-4-5-16(18)14-7-6-13-11-15(17)9-8-12(13)10-14/h6-11,16,18H,2-5H2,1H3. The first-order chi connectivity index (χ1) is 8.70. The van der Waals surface area contributed by atoms with Crippen molar-refractivity contribution in [3.63, 3.8) is 0 Å². The van der Waals surface area contributed by atoms with Gasteiger partial charge in [0.2, 0.25) is 0 Å². The van der Waals surface area contributed by atoms with Crippen LogP contribution in [-0.2, 0) is 0 Å². The van der Waals surface area contributed by atoms with E-state index in [4.69, 9.17) is 0 Å². The summed E-state index contributed by atoms with van der Waals surface area (Å²) in [6, 6.07) is 12.4. The summed E-state index contributed by atoms with van der Waals surface area (Å²) < 4.78 is 1.09. The van der Waals surface area contributed by atoms with Crippen LogP contribution in [0.2, 0.25) is 0 Å². The molecule has 1 N–H and O–H groups in total. The molecule has 1 nitrogen and oxygen atoms in total. The molecule has 2 aromatic carbocycles. The lowest BCUT2D eigenvalue weighted by Gasteiger charge is -2.11. The van der Waals surface area contributed by atoms with Crippen LogP contribution >= 0.6 is 15.9 Å². The van der Waals surface area contributed by atoms with Gasteiger partial charge in [0.15, 0.2) is 0 Å². The van der Waals surface area contributed by atoms with E-state index in [2.05, 4.69) is 47.1 Å². The van der Waals surface area contributed by atoms with Crippen molar-refractivity contribution in [3.05, 3.63) is 46.4 Å². The van der Waals surface area contributed by atoms with Crippen molar-refractivity contribution in [3.8, 4) is 0 Å². The van der Waals surface area contributed by atoms with Gasteiger partial charge in [0.05, 0.1) is 6.10 Å². The van der Waals surface area contributed by atoms with E-state index >= 15 is 0 Å². The maximum Gasteiger partial charge on any atom is 0.0790 e. The molecule has 18 heavy (non-hydrogen) atoms. The zero-order valence-electron chi connectivity index (χ0n) is 10.7. The predicted molar refractivity (Wildman–Crippen MR) is 80.7 cm³/mol. The summed E-state index contributed by atoms with van der Waals surface area (Å²) in [5.41, 5.74) is 1.03. The van der Waals surface area contributed by atoms with Gasteiger partial charge in [-0.2, -0.15) is 0 Å². The number of benzene rings is 2. The lowest BCUT2D eigenvalue weighted by atomic mass is 10.00. The van der Waals surface area contributed by atoms with E-state index < -0.39 is 0 Å². The van der Waals surface area contributed by atoms with Crippen molar-refractivity contribution >= 4 is 26.7 Å². The zero-order valence-corrected chi connectivity index (χ0v) is 12.3. The Morgan fingerprint density at radius 1 is 1.06 bits per heavy atom. The lowest BCUT2D eigenvalue weighted by molar-refractivity contribution is 0.164. The second kappa shape index (κ2) is 6.35. The van der Waals surface area contributed by atoms with Gasteiger partial charge in [0.1, 0.15) is 0 Å². The number of aliphatic hydroxyl groups is 1. The molecule has 0 aromatic heterocycles. The van der Waals surface area contributed by atoms with Gasteiger partial charge < -0.3 is 5.11 Å². The molecule has 0 saturated carbocycles. The van der Waals surface area contributed by atoms with Gasteiger partial charge in [-0.05, 0) is 41.0 Å². The highest BCUT2D eigenvalue weighted by atomic mass is 79.9. The quantitative estimate of drug-likeness (QED) is 0.751. The van der Waals surface area contributed by atoms with Gasteiger partial charge in [-0.25, -0.2) is 0 Å². The number of aliphatic hydroxyl groups excluding tert-OH is 1. The van der Waals surface area contributed by atoms with E-state index in [1.165, 1.54) is 23.6 Å². The normalized spacial score (nSPS) is 12.8. The van der Waals surface area contributed by atoms with E-state index in [1.54, 1.807) is 0 Å². The molecule has 2 heteroatoms. The Labute approximate surface area is 117 Å². The van der Waals surface area contributed by atoms with Gasteiger partial charge in [-0.15, -0.1) is 0 Å². The molecule has 0 heterocycles. The third-order valence-electron chi connectivity index (χ3n) is 3.29. The first kappa shape index (κ1) is 13.6. The fourth-order valence-corrected chi connectivity index (χ4v) is 2.58. The minimum Gasteiger partial charge on any atom is -0.388 e. The van der Waals surface area contributed by atoms with Crippen LogP contribution in [0.5, 0.6) is 0 Å². The maximum absolute atomic E-state index is 10.2. The Morgan fingerprint density at radius 2 is 1.78 bits per heavy atom. The SMILES string of the molecule is CCCCCC(O)c1ccc2cc(Br)ccc2c1. The van der Waals surface area contributed by atoms with E-state index in [0.717, 1.165) is 22.9 Å². The first-order valence-electron chi connectivity index (χ1n) is 6.58. The van der Waals surface area contributed by atoms with E-state index in [-0.39, 0.29) is 6.10 Å². The average Bonchev–Trinajstić information content (AvgIpc) is 2.38. The summed E-state index contributed by atoms with van der Waals surface area (Å²) in [7, 11) is 0. The van der Waals surface area contributed by atoms with Gasteiger partial charge in [0.25, 0.3) is 0 Å². The number of hydrogen-bond donors (Lipinski definition) is 1. The smallest absolute Gasteiger partial charge is 0.0790 e. The molecule has 96 valence electrons. The largest absolute Gasteiger partial charge is 0.388 e. The molecule has 0 saturated heterocycles. The highest BCUT2D eigenvalue weighted by Crippen LogP contribution is 2.25. The van der Waals surface area contributed by atoms with Crippen LogP contribution in [0.1, 0.15) is 44.3 Å². The second-order valence-corrected chi connectivity index (χ2v) is 5.68. The number of unbranched alkanes of at least 4 members (excludes halogenated alkanes) is 2. The van der Waals surface area contributed by atoms with Crippen molar-refractivity contribution in [2.24, 2.45) is 0 Å². The maximum atomic E-state index is 10.2. The molecule has 2 aromatic rings. The molecule has 0 aliphatic rings. The number of hydrogen-bond acceptors (Lipinski definition) is 1. The van der Waals surface area contributed by atoms with Crippen LogP contribution in [0, 0.1) is 0 Å². The average molecular weight is 307 g/mol. The number of halogens is 1. The Bertz CT molecular complexity index is 521. The fraction of sp³-hybridized carbons (Fsp3) is 0.375. The van der Waals surface area contributed by atoms with Gasteiger partial charge in [-0.1, -0.05) is 60.3 Å². The Hall–Kier alpha value is -0.860. The molecule has 0 radical (unpaired) electrons. The van der Waals surface area contributed by atoms with Crippen molar-refractivity contribution in [2.45, 2.75) is 38.7 Å². The van der Waals surface area contributed by atoms with Crippen molar-refractivity contribution in [1.29, 1.82) is 0 Å². The molecular weight excluding hydrogens is 288 g/mol. The van der Waals surface area contributed by atoms with E-state index in [0.29, 0.717) is 0 Å². The summed E-state index contributed by atoms with van der Waals surface area (Å²) in [6.45, 7) is 2.18. The second-order valence-electron chi connectivity index (χ2n) is 4.76. The van der Waals surface area contributed by atoms with Gasteiger partial charge in [-0.3, -0.25) is 0 Å². The van der Waals surface area contributed by atoms with Crippen LogP contribution in [0.3, 0.4) is 0 Å². The van der Waals surface area contributed by atoms with Crippen LogP contribution in [0.15, 0.2) is 40.9 Å². The third kappa shape index (κ3) is 3.33. The number of fused-ring (bicyclic) bond motifs is 1. The van der Waals surface area contributed by atoms with Crippen LogP contribution in [0.4, 0.5) is 0 Å². The Balaban J connectivity index is 2.16. The predicted octanol–water partition coefficient (Wildman–Crippen LogP) is 5.22. The Kier molecular flexibility index (Phi) is 4.79. The van der Waals surface area contributed by atoms with Crippen LogP contribution in [0.25, 0.3) is 10.8 Å². The van der Waals surface area contributed by atoms with E-state index in [9.17, 15) is 5.11 Å². The summed E-state index contributed by atoms with van der Waals surface area (Å²) in [6.07, 6.45) is 4.01. The molecule has 0 spiro atoms. The van der Waals surface area contributed by atoms with Crippen molar-refractivity contribution in [1.82, 2.24) is 0 Å². The van der Waals surface area contributed by atoms with Gasteiger partial charge >= 0.3 is 0 Å². The number of rotatable bonds is 5. The van der Waals surface area contributed by atoms with E-state index in [1.807, 2.05) is 12.1 Å². The molecule has 1 atom stereocenters. The van der Waals surface area contributed by atoms with Crippen LogP contribution < -0.4 is 0 Å². The minimum absolute atomic E-state index is 0.329. The third-order valence-corrected chi connectivity index (χ3v) is 3.79. The molecule has 0 aliphatic carbocycles. The molecule has 0 aliphatic heterocycles. The van der Waals surface area contributed by atoms with Crippen molar-refractivity contribution < 1.29 is 5.11 Å². The highest BCUT2D eigenvalue weighted by molar-refractivity contribution is 9.10.